The first kappa shape index (κ1) is 11.7. The number of nitrogens with one attached hydrogen (secondary N) is 1. The Morgan fingerprint density at radius 2 is 2.00 bits per heavy atom. The number of nitrogen functional groups attached to an aromatic ring is 1. The first-order chi connectivity index (χ1) is 8.06. The molecule has 0 aliphatic carbocycles. The number of hydrogen-bond acceptors (Lipinski definition) is 4. The van der Waals surface area contributed by atoms with Gasteiger partial charge < -0.3 is 11.1 Å². The van der Waals surface area contributed by atoms with E-state index < -0.39 is 0 Å². The van der Waals surface area contributed by atoms with Gasteiger partial charge in [-0.1, -0.05) is 6.07 Å². The molecule has 2 rings (SSSR count). The summed E-state index contributed by atoms with van der Waals surface area (Å²) in [4.78, 5) is 8.02. The lowest BCUT2D eigenvalue weighted by molar-refractivity contribution is 1.13. The van der Waals surface area contributed by atoms with Crippen molar-refractivity contribution in [1.29, 1.82) is 0 Å². The van der Waals surface area contributed by atoms with Gasteiger partial charge in [-0.3, -0.25) is 0 Å². The molecule has 88 valence electrons. The van der Waals surface area contributed by atoms with Gasteiger partial charge in [0.1, 0.15) is 5.82 Å². The molecule has 0 fully saturated rings. The number of benzene rings is 1. The maximum absolute atomic E-state index is 5.84. The Bertz CT molecular complexity index is 554. The van der Waals surface area contributed by atoms with Crippen molar-refractivity contribution in [2.24, 2.45) is 0 Å². The zero-order chi connectivity index (χ0) is 12.4. The molecule has 0 unspecified atom stereocenters. The molecule has 0 amide bonds. The van der Waals surface area contributed by atoms with Gasteiger partial charge in [0.25, 0.3) is 0 Å². The van der Waals surface area contributed by atoms with Crippen LogP contribution < -0.4 is 11.1 Å². The van der Waals surface area contributed by atoms with Crippen LogP contribution >= 0.6 is 11.6 Å². The number of nitrogens with two attached hydrogens (primary N) is 1. The van der Waals surface area contributed by atoms with Crippen LogP contribution in [0.5, 0.6) is 0 Å². The number of aromatic nitrogens is 2. The van der Waals surface area contributed by atoms with Gasteiger partial charge in [0.15, 0.2) is 0 Å². The molecule has 5 heteroatoms. The van der Waals surface area contributed by atoms with Crippen LogP contribution in [0.4, 0.5) is 17.2 Å². The predicted octanol–water partition coefficient (Wildman–Crippen LogP) is 3.07. The highest BCUT2D eigenvalue weighted by atomic mass is 35.5. The second-order valence-electron chi connectivity index (χ2n) is 3.87. The average molecular weight is 249 g/mol. The Labute approximate surface area is 105 Å². The fourth-order valence-electron chi connectivity index (χ4n) is 1.40. The molecule has 4 nitrogen and oxygen atoms in total. The van der Waals surface area contributed by atoms with Crippen molar-refractivity contribution in [3.8, 4) is 0 Å². The Morgan fingerprint density at radius 3 is 2.71 bits per heavy atom. The van der Waals surface area contributed by atoms with Crippen molar-refractivity contribution in [2.75, 3.05) is 11.1 Å². The quantitative estimate of drug-likeness (QED) is 0.633. The van der Waals surface area contributed by atoms with E-state index in [0.717, 1.165) is 22.5 Å². The van der Waals surface area contributed by atoms with Gasteiger partial charge in [-0.2, -0.15) is 0 Å². The maximum atomic E-state index is 5.84. The van der Waals surface area contributed by atoms with E-state index in [4.69, 9.17) is 17.3 Å². The monoisotopic (exact) mass is 248 g/mol. The topological polar surface area (TPSA) is 63.8 Å². The van der Waals surface area contributed by atoms with Crippen LogP contribution in [0.3, 0.4) is 0 Å². The summed E-state index contributed by atoms with van der Waals surface area (Å²) in [7, 11) is 0. The van der Waals surface area contributed by atoms with Crippen molar-refractivity contribution in [3.05, 3.63) is 40.8 Å². The lowest BCUT2D eigenvalue weighted by Gasteiger charge is -2.09. The maximum Gasteiger partial charge on any atom is 0.224 e. The fraction of sp³-hybridized carbons (Fsp3) is 0.167. The van der Waals surface area contributed by atoms with E-state index in [-0.39, 0.29) is 5.28 Å². The van der Waals surface area contributed by atoms with Crippen LogP contribution in [0.25, 0.3) is 0 Å². The Morgan fingerprint density at radius 1 is 1.24 bits per heavy atom. The SMILES string of the molecule is Cc1ccc(Nc2nc(Cl)ncc2C)cc1N. The van der Waals surface area contributed by atoms with Gasteiger partial charge in [0.2, 0.25) is 5.28 Å². The van der Waals surface area contributed by atoms with Crippen molar-refractivity contribution in [3.63, 3.8) is 0 Å². The molecule has 1 heterocycles. The lowest BCUT2D eigenvalue weighted by atomic mass is 10.2. The van der Waals surface area contributed by atoms with Crippen molar-refractivity contribution in [1.82, 2.24) is 9.97 Å². The Balaban J connectivity index is 2.31. The fourth-order valence-corrected chi connectivity index (χ4v) is 1.54. The third kappa shape index (κ3) is 2.65. The number of hydrogen-bond donors (Lipinski definition) is 2. The van der Waals surface area contributed by atoms with E-state index in [1.165, 1.54) is 0 Å². The summed E-state index contributed by atoms with van der Waals surface area (Å²) in [5.41, 5.74) is 9.44. The second-order valence-corrected chi connectivity index (χ2v) is 4.21. The number of nitrogens with zero attached hydrogens (tertiary/aromatic N) is 2. The molecule has 1 aromatic carbocycles. The molecule has 0 saturated carbocycles. The van der Waals surface area contributed by atoms with Gasteiger partial charge in [-0.05, 0) is 43.1 Å². The van der Waals surface area contributed by atoms with Crippen LogP contribution in [0.2, 0.25) is 5.28 Å². The summed E-state index contributed by atoms with van der Waals surface area (Å²) in [6.45, 7) is 3.88. The highest BCUT2D eigenvalue weighted by Crippen LogP contribution is 2.22. The summed E-state index contributed by atoms with van der Waals surface area (Å²) in [5, 5.41) is 3.39. The summed E-state index contributed by atoms with van der Waals surface area (Å²) in [6.07, 6.45) is 1.68. The molecule has 1 aromatic heterocycles. The smallest absolute Gasteiger partial charge is 0.224 e. The zero-order valence-electron chi connectivity index (χ0n) is 9.66. The van der Waals surface area contributed by atoms with E-state index in [2.05, 4.69) is 15.3 Å². The minimum Gasteiger partial charge on any atom is -0.398 e. The first-order valence-electron chi connectivity index (χ1n) is 5.18. The third-order valence-corrected chi connectivity index (χ3v) is 2.67. The largest absolute Gasteiger partial charge is 0.398 e. The lowest BCUT2D eigenvalue weighted by Crippen LogP contribution is -1.99. The van der Waals surface area contributed by atoms with Crippen molar-refractivity contribution >= 4 is 28.8 Å². The molecule has 0 saturated heterocycles. The zero-order valence-corrected chi connectivity index (χ0v) is 10.4. The minimum atomic E-state index is 0.221. The van der Waals surface area contributed by atoms with Gasteiger partial charge in [-0.25, -0.2) is 9.97 Å². The predicted molar refractivity (Wildman–Crippen MR) is 70.7 cm³/mol. The number of aryl methyl sites for hydroxylation is 2. The highest BCUT2D eigenvalue weighted by molar-refractivity contribution is 6.28. The van der Waals surface area contributed by atoms with Gasteiger partial charge in [0, 0.05) is 23.1 Å². The molecule has 0 spiro atoms. The normalized spacial score (nSPS) is 10.3. The second kappa shape index (κ2) is 4.59. The van der Waals surface area contributed by atoms with Crippen molar-refractivity contribution < 1.29 is 0 Å². The molecular formula is C12H13ClN4. The summed E-state index contributed by atoms with van der Waals surface area (Å²) >= 11 is 5.75. The Kier molecular flexibility index (Phi) is 3.15. The molecule has 2 aromatic rings. The summed E-state index contributed by atoms with van der Waals surface area (Å²) in [5.74, 6) is 0.688. The molecule has 0 radical (unpaired) electrons. The number of anilines is 3. The highest BCUT2D eigenvalue weighted by Gasteiger charge is 2.03. The average Bonchev–Trinajstić information content (AvgIpc) is 2.29. The summed E-state index contributed by atoms with van der Waals surface area (Å²) < 4.78 is 0. The Hall–Kier alpha value is -1.81. The molecule has 3 N–H and O–H groups in total. The summed E-state index contributed by atoms with van der Waals surface area (Å²) in [6, 6.07) is 5.77. The van der Waals surface area contributed by atoms with E-state index in [1.807, 2.05) is 32.0 Å². The molecule has 0 aliphatic rings. The van der Waals surface area contributed by atoms with Gasteiger partial charge in [-0.15, -0.1) is 0 Å². The minimum absolute atomic E-state index is 0.221. The molecule has 0 aliphatic heterocycles. The van der Waals surface area contributed by atoms with Crippen LogP contribution in [-0.2, 0) is 0 Å². The van der Waals surface area contributed by atoms with E-state index in [0.29, 0.717) is 5.82 Å². The number of rotatable bonds is 2. The van der Waals surface area contributed by atoms with Gasteiger partial charge in [0.05, 0.1) is 0 Å². The van der Waals surface area contributed by atoms with Gasteiger partial charge >= 0.3 is 0 Å². The third-order valence-electron chi connectivity index (χ3n) is 2.48. The van der Waals surface area contributed by atoms with Crippen LogP contribution in [0.1, 0.15) is 11.1 Å². The molecule has 0 atom stereocenters. The van der Waals surface area contributed by atoms with E-state index in [9.17, 15) is 0 Å². The van der Waals surface area contributed by atoms with E-state index >= 15 is 0 Å². The van der Waals surface area contributed by atoms with Crippen molar-refractivity contribution in [2.45, 2.75) is 13.8 Å². The van der Waals surface area contributed by atoms with Crippen LogP contribution in [0, 0.1) is 13.8 Å². The molecule has 17 heavy (non-hydrogen) atoms. The standard InChI is InChI=1S/C12H13ClN4/c1-7-3-4-9(5-10(7)14)16-11-8(2)6-15-12(13)17-11/h3-6H,14H2,1-2H3,(H,15,16,17). The first-order valence-corrected chi connectivity index (χ1v) is 5.56. The molecular weight excluding hydrogens is 236 g/mol. The molecule has 0 bridgehead atoms. The number of halogens is 1. The van der Waals surface area contributed by atoms with Crippen LogP contribution in [0.15, 0.2) is 24.4 Å². The van der Waals surface area contributed by atoms with Crippen LogP contribution in [-0.4, -0.2) is 9.97 Å². The van der Waals surface area contributed by atoms with E-state index in [1.54, 1.807) is 6.20 Å².